The van der Waals surface area contributed by atoms with Crippen LogP contribution in [0.5, 0.6) is 0 Å². The lowest BCUT2D eigenvalue weighted by Gasteiger charge is -2.48. The molecule has 0 aromatic carbocycles. The maximum absolute atomic E-state index is 10.5. The second-order valence-electron chi connectivity index (χ2n) is 6.34. The van der Waals surface area contributed by atoms with Gasteiger partial charge in [-0.2, -0.15) is 0 Å². The Bertz CT molecular complexity index is 249. The molecule has 2 atom stereocenters. The molecular weight excluding hydrogens is 202 g/mol. The van der Waals surface area contributed by atoms with Crippen LogP contribution in [-0.4, -0.2) is 45.9 Å². The molecule has 0 aromatic rings. The largest absolute Gasteiger partial charge is 0.390 e. The van der Waals surface area contributed by atoms with Crippen molar-refractivity contribution in [2.24, 2.45) is 5.92 Å². The lowest BCUT2D eigenvalue weighted by Crippen LogP contribution is -2.55. The van der Waals surface area contributed by atoms with Crippen LogP contribution in [0.3, 0.4) is 0 Å². The van der Waals surface area contributed by atoms with Crippen LogP contribution in [0.4, 0.5) is 0 Å². The highest BCUT2D eigenvalue weighted by atomic mass is 16.3. The van der Waals surface area contributed by atoms with Gasteiger partial charge in [0.2, 0.25) is 0 Å². The number of hydrogen-bond donors (Lipinski definition) is 2. The minimum Gasteiger partial charge on any atom is -0.390 e. The molecule has 2 N–H and O–H groups in total. The smallest absolute Gasteiger partial charge is 0.0718 e. The molecular formula is C13H25NO2. The van der Waals surface area contributed by atoms with Crippen LogP contribution in [-0.2, 0) is 0 Å². The number of β-amino-alcohol motifs (C(OH)–C–C–N with tert-alkyl or cyclic N) is 1. The van der Waals surface area contributed by atoms with Crippen molar-refractivity contribution in [3.63, 3.8) is 0 Å². The Morgan fingerprint density at radius 3 is 2.75 bits per heavy atom. The number of piperidine rings is 1. The van der Waals surface area contributed by atoms with E-state index in [9.17, 15) is 10.2 Å². The molecule has 1 aliphatic heterocycles. The Morgan fingerprint density at radius 1 is 1.31 bits per heavy atom. The summed E-state index contributed by atoms with van der Waals surface area (Å²) in [6, 6.07) is 0. The van der Waals surface area contributed by atoms with Gasteiger partial charge in [-0.1, -0.05) is 12.8 Å². The predicted molar refractivity (Wildman–Crippen MR) is 64.3 cm³/mol. The Morgan fingerprint density at radius 2 is 2.06 bits per heavy atom. The molecule has 2 aliphatic rings. The van der Waals surface area contributed by atoms with E-state index < -0.39 is 11.2 Å². The van der Waals surface area contributed by atoms with Gasteiger partial charge in [0.05, 0.1) is 11.2 Å². The third-order valence-electron chi connectivity index (χ3n) is 4.12. The fourth-order valence-electron chi connectivity index (χ4n) is 3.33. The molecule has 2 unspecified atom stereocenters. The third kappa shape index (κ3) is 2.76. The van der Waals surface area contributed by atoms with E-state index in [2.05, 4.69) is 4.90 Å². The van der Waals surface area contributed by atoms with Crippen molar-refractivity contribution in [2.75, 3.05) is 19.6 Å². The van der Waals surface area contributed by atoms with E-state index >= 15 is 0 Å². The second-order valence-corrected chi connectivity index (χ2v) is 6.34. The molecule has 1 saturated carbocycles. The first kappa shape index (κ1) is 12.3. The zero-order chi connectivity index (χ0) is 11.8. The van der Waals surface area contributed by atoms with Crippen molar-refractivity contribution < 1.29 is 10.2 Å². The van der Waals surface area contributed by atoms with Crippen LogP contribution in [0.1, 0.15) is 46.0 Å². The maximum atomic E-state index is 10.5. The van der Waals surface area contributed by atoms with Crippen molar-refractivity contribution in [2.45, 2.75) is 57.2 Å². The molecule has 2 fully saturated rings. The number of rotatable bonds is 2. The van der Waals surface area contributed by atoms with Gasteiger partial charge >= 0.3 is 0 Å². The highest BCUT2D eigenvalue weighted by Crippen LogP contribution is 2.39. The average Bonchev–Trinajstić information content (AvgIpc) is 2.16. The van der Waals surface area contributed by atoms with Crippen molar-refractivity contribution in [3.05, 3.63) is 0 Å². The molecule has 1 saturated heterocycles. The Balaban J connectivity index is 1.94. The zero-order valence-electron chi connectivity index (χ0n) is 10.6. The lowest BCUT2D eigenvalue weighted by molar-refractivity contribution is -0.105. The van der Waals surface area contributed by atoms with Crippen molar-refractivity contribution in [1.29, 1.82) is 0 Å². The number of likely N-dealkylation sites (tertiary alicyclic amines) is 1. The van der Waals surface area contributed by atoms with Gasteiger partial charge in [0.15, 0.2) is 0 Å². The first-order chi connectivity index (χ1) is 7.39. The average molecular weight is 227 g/mol. The number of nitrogens with zero attached hydrogens (tertiary/aromatic N) is 1. The number of fused-ring (bicyclic) bond motifs is 1. The van der Waals surface area contributed by atoms with Gasteiger partial charge in [-0.3, -0.25) is 0 Å². The third-order valence-corrected chi connectivity index (χ3v) is 4.12. The van der Waals surface area contributed by atoms with Gasteiger partial charge in [-0.15, -0.1) is 0 Å². The predicted octanol–water partition coefficient (Wildman–Crippen LogP) is 1.38. The Hall–Kier alpha value is -0.120. The van der Waals surface area contributed by atoms with Crippen LogP contribution in [0.15, 0.2) is 0 Å². The quantitative estimate of drug-likeness (QED) is 0.749. The van der Waals surface area contributed by atoms with Crippen LogP contribution in [0, 0.1) is 5.92 Å². The molecule has 16 heavy (non-hydrogen) atoms. The van der Waals surface area contributed by atoms with Gasteiger partial charge in [0, 0.05) is 25.6 Å². The van der Waals surface area contributed by atoms with E-state index in [1.54, 1.807) is 0 Å². The van der Waals surface area contributed by atoms with Crippen molar-refractivity contribution >= 4 is 0 Å². The van der Waals surface area contributed by atoms with Crippen LogP contribution in [0.2, 0.25) is 0 Å². The molecule has 3 heteroatoms. The van der Waals surface area contributed by atoms with Crippen molar-refractivity contribution in [1.82, 2.24) is 4.90 Å². The van der Waals surface area contributed by atoms with Gasteiger partial charge in [0.25, 0.3) is 0 Å². The lowest BCUT2D eigenvalue weighted by atomic mass is 9.71. The fourth-order valence-corrected chi connectivity index (χ4v) is 3.33. The highest BCUT2D eigenvalue weighted by Gasteiger charge is 2.43. The molecule has 1 aliphatic carbocycles. The molecule has 2 rings (SSSR count). The van der Waals surface area contributed by atoms with E-state index in [1.807, 2.05) is 13.8 Å². The summed E-state index contributed by atoms with van der Waals surface area (Å²) in [6.45, 7) is 6.32. The summed E-state index contributed by atoms with van der Waals surface area (Å²) in [6.07, 6.45) is 5.45. The summed E-state index contributed by atoms with van der Waals surface area (Å²) in [5.41, 5.74) is -1.02. The molecule has 0 aromatic heterocycles. The normalized spacial score (nSPS) is 37.1. The molecule has 0 radical (unpaired) electrons. The van der Waals surface area contributed by atoms with Gasteiger partial charge in [-0.05, 0) is 33.1 Å². The van der Waals surface area contributed by atoms with Crippen molar-refractivity contribution in [3.8, 4) is 0 Å². The minimum atomic E-state index is -0.621. The summed E-state index contributed by atoms with van der Waals surface area (Å²) in [5.74, 6) is 0.428. The fraction of sp³-hybridized carbons (Fsp3) is 1.00. The molecule has 0 spiro atoms. The van der Waals surface area contributed by atoms with Crippen LogP contribution >= 0.6 is 0 Å². The van der Waals surface area contributed by atoms with Crippen LogP contribution in [0.25, 0.3) is 0 Å². The first-order valence-corrected chi connectivity index (χ1v) is 6.56. The highest BCUT2D eigenvalue weighted by molar-refractivity contribution is 4.96. The minimum absolute atomic E-state index is 0.394. The summed E-state index contributed by atoms with van der Waals surface area (Å²) < 4.78 is 0. The molecule has 3 nitrogen and oxygen atoms in total. The SMILES string of the molecule is CC(C)(O)CN1CCC2(O)CCCCC2C1. The first-order valence-electron chi connectivity index (χ1n) is 6.56. The summed E-state index contributed by atoms with van der Waals surface area (Å²) in [7, 11) is 0. The summed E-state index contributed by atoms with van der Waals surface area (Å²) in [4.78, 5) is 2.31. The number of aliphatic hydroxyl groups is 2. The van der Waals surface area contributed by atoms with Crippen LogP contribution < -0.4 is 0 Å². The van der Waals surface area contributed by atoms with E-state index in [0.717, 1.165) is 38.9 Å². The second kappa shape index (κ2) is 4.28. The van der Waals surface area contributed by atoms with E-state index in [1.165, 1.54) is 12.8 Å². The standard InChI is InChI=1S/C13H25NO2/c1-12(2,15)10-14-8-7-13(16)6-4-3-5-11(13)9-14/h11,15-16H,3-10H2,1-2H3. The Labute approximate surface area is 98.5 Å². The molecule has 0 amide bonds. The maximum Gasteiger partial charge on any atom is 0.0718 e. The molecule has 94 valence electrons. The van der Waals surface area contributed by atoms with Gasteiger partial charge in [-0.25, -0.2) is 0 Å². The summed E-state index contributed by atoms with van der Waals surface area (Å²) in [5, 5.41) is 20.3. The number of hydrogen-bond acceptors (Lipinski definition) is 3. The van der Waals surface area contributed by atoms with Gasteiger partial charge in [0.1, 0.15) is 0 Å². The monoisotopic (exact) mass is 227 g/mol. The molecule has 1 heterocycles. The summed E-state index contributed by atoms with van der Waals surface area (Å²) >= 11 is 0. The van der Waals surface area contributed by atoms with E-state index in [4.69, 9.17) is 0 Å². The topological polar surface area (TPSA) is 43.7 Å². The Kier molecular flexibility index (Phi) is 3.30. The zero-order valence-corrected chi connectivity index (χ0v) is 10.6. The van der Waals surface area contributed by atoms with E-state index in [0.29, 0.717) is 5.92 Å². The van der Waals surface area contributed by atoms with Gasteiger partial charge < -0.3 is 15.1 Å². The molecule has 0 bridgehead atoms. The van der Waals surface area contributed by atoms with E-state index in [-0.39, 0.29) is 0 Å².